The molecule has 1 aromatic rings. The Morgan fingerprint density at radius 1 is 1.39 bits per heavy atom. The van der Waals surface area contributed by atoms with Crippen molar-refractivity contribution in [1.82, 2.24) is 5.32 Å². The van der Waals surface area contributed by atoms with Crippen molar-refractivity contribution in [2.24, 2.45) is 5.92 Å². The van der Waals surface area contributed by atoms with Gasteiger partial charge in [-0.15, -0.1) is 0 Å². The van der Waals surface area contributed by atoms with E-state index in [1.807, 2.05) is 6.92 Å². The molecule has 0 saturated carbocycles. The second-order valence-electron chi connectivity index (χ2n) is 4.83. The van der Waals surface area contributed by atoms with E-state index in [1.165, 1.54) is 6.07 Å². The number of halogens is 2. The van der Waals surface area contributed by atoms with Crippen LogP contribution in [-0.2, 0) is 0 Å². The molecule has 0 aliphatic carbocycles. The molecule has 1 saturated heterocycles. The van der Waals surface area contributed by atoms with Crippen LogP contribution >= 0.6 is 0 Å². The van der Waals surface area contributed by atoms with Crippen LogP contribution < -0.4 is 10.1 Å². The van der Waals surface area contributed by atoms with Crippen molar-refractivity contribution in [2.45, 2.75) is 32.8 Å². The molecular weight excluding hydrogens is 236 g/mol. The Kier molecular flexibility index (Phi) is 4.17. The van der Waals surface area contributed by atoms with Crippen LogP contribution in [0.15, 0.2) is 12.1 Å². The molecule has 100 valence electrons. The number of hydrogen-bond acceptors (Lipinski definition) is 2. The van der Waals surface area contributed by atoms with Crippen molar-refractivity contribution >= 4 is 0 Å². The van der Waals surface area contributed by atoms with Crippen LogP contribution in [0.4, 0.5) is 8.78 Å². The summed E-state index contributed by atoms with van der Waals surface area (Å²) in [7, 11) is 0. The van der Waals surface area contributed by atoms with Gasteiger partial charge in [0.05, 0.1) is 0 Å². The van der Waals surface area contributed by atoms with E-state index in [0.29, 0.717) is 11.5 Å². The van der Waals surface area contributed by atoms with Gasteiger partial charge in [0.15, 0.2) is 11.6 Å². The maximum absolute atomic E-state index is 13.7. The Hall–Kier alpha value is -1.16. The molecule has 0 bridgehead atoms. The fourth-order valence-corrected chi connectivity index (χ4v) is 2.39. The molecule has 1 aliphatic rings. The highest BCUT2D eigenvalue weighted by molar-refractivity contribution is 5.30. The molecule has 0 amide bonds. The van der Waals surface area contributed by atoms with E-state index < -0.39 is 11.6 Å². The molecule has 18 heavy (non-hydrogen) atoms. The first kappa shape index (κ1) is 13.3. The minimum atomic E-state index is -0.876. The van der Waals surface area contributed by atoms with Crippen LogP contribution in [0.3, 0.4) is 0 Å². The van der Waals surface area contributed by atoms with Crippen LogP contribution in [0, 0.1) is 24.5 Å². The monoisotopic (exact) mass is 255 g/mol. The third kappa shape index (κ3) is 2.64. The van der Waals surface area contributed by atoms with Crippen LogP contribution in [0.25, 0.3) is 0 Å². The number of nitrogens with one attached hydrogen (secondary N) is 1. The number of ether oxygens (including phenoxy) is 1. The van der Waals surface area contributed by atoms with Gasteiger partial charge in [0.1, 0.15) is 6.10 Å². The molecule has 1 heterocycles. The third-order valence-corrected chi connectivity index (χ3v) is 3.54. The molecule has 0 radical (unpaired) electrons. The Bertz CT molecular complexity index is 417. The minimum absolute atomic E-state index is 0.0249. The van der Waals surface area contributed by atoms with Gasteiger partial charge in [0.2, 0.25) is 5.82 Å². The normalized spacial score (nSPS) is 21.0. The Morgan fingerprint density at radius 3 is 2.78 bits per heavy atom. The second-order valence-corrected chi connectivity index (χ2v) is 4.83. The highest BCUT2D eigenvalue weighted by atomic mass is 19.2. The van der Waals surface area contributed by atoms with Gasteiger partial charge >= 0.3 is 0 Å². The van der Waals surface area contributed by atoms with Gasteiger partial charge in [-0.2, -0.15) is 4.39 Å². The van der Waals surface area contributed by atoms with Crippen molar-refractivity contribution in [3.8, 4) is 5.75 Å². The third-order valence-electron chi connectivity index (χ3n) is 3.54. The standard InChI is InChI=1S/C14H19F2NO/c1-3-11(10-6-7-17-8-10)18-12-5-4-9(2)13(15)14(12)16/h4-5,10-11,17H,3,6-8H2,1-2H3/t10-,11-/m0/s1. The van der Waals surface area contributed by atoms with Gasteiger partial charge in [-0.3, -0.25) is 0 Å². The van der Waals surface area contributed by atoms with Gasteiger partial charge in [-0.25, -0.2) is 4.39 Å². The van der Waals surface area contributed by atoms with Crippen molar-refractivity contribution in [3.63, 3.8) is 0 Å². The first-order valence-electron chi connectivity index (χ1n) is 6.45. The van der Waals surface area contributed by atoms with E-state index in [0.717, 1.165) is 25.9 Å². The molecular formula is C14H19F2NO. The maximum Gasteiger partial charge on any atom is 0.200 e. The second kappa shape index (κ2) is 5.65. The number of rotatable bonds is 4. The van der Waals surface area contributed by atoms with E-state index >= 15 is 0 Å². The lowest BCUT2D eigenvalue weighted by atomic mass is 9.99. The SMILES string of the molecule is CC[C@H](Oc1ccc(C)c(F)c1F)[C@H]1CCNC1. The molecule has 0 unspecified atom stereocenters. The zero-order chi connectivity index (χ0) is 13.1. The molecule has 1 aliphatic heterocycles. The van der Waals surface area contributed by atoms with Gasteiger partial charge in [0.25, 0.3) is 0 Å². The lowest BCUT2D eigenvalue weighted by molar-refractivity contribution is 0.131. The zero-order valence-corrected chi connectivity index (χ0v) is 10.8. The molecule has 0 spiro atoms. The lowest BCUT2D eigenvalue weighted by Crippen LogP contribution is -2.28. The fraction of sp³-hybridized carbons (Fsp3) is 0.571. The predicted octanol–water partition coefficient (Wildman–Crippen LogP) is 3.04. The van der Waals surface area contributed by atoms with E-state index in [9.17, 15) is 8.78 Å². The summed E-state index contributed by atoms with van der Waals surface area (Å²) < 4.78 is 32.8. The average Bonchev–Trinajstić information content (AvgIpc) is 2.89. The summed E-state index contributed by atoms with van der Waals surface area (Å²) in [6, 6.07) is 3.06. The van der Waals surface area contributed by atoms with E-state index in [4.69, 9.17) is 4.74 Å². The molecule has 1 N–H and O–H groups in total. The van der Waals surface area contributed by atoms with Gasteiger partial charge in [-0.05, 0) is 37.9 Å². The molecule has 0 aromatic heterocycles. The molecule has 2 rings (SSSR count). The summed E-state index contributed by atoms with van der Waals surface area (Å²) in [5, 5.41) is 3.26. The fourth-order valence-electron chi connectivity index (χ4n) is 2.39. The highest BCUT2D eigenvalue weighted by Gasteiger charge is 2.26. The highest BCUT2D eigenvalue weighted by Crippen LogP contribution is 2.27. The summed E-state index contributed by atoms with van der Waals surface area (Å²) in [4.78, 5) is 0. The van der Waals surface area contributed by atoms with E-state index in [-0.39, 0.29) is 11.9 Å². The van der Waals surface area contributed by atoms with Crippen molar-refractivity contribution < 1.29 is 13.5 Å². The van der Waals surface area contributed by atoms with Gasteiger partial charge in [0, 0.05) is 12.5 Å². The van der Waals surface area contributed by atoms with Crippen LogP contribution in [-0.4, -0.2) is 19.2 Å². The van der Waals surface area contributed by atoms with Gasteiger partial charge < -0.3 is 10.1 Å². The van der Waals surface area contributed by atoms with Crippen LogP contribution in [0.1, 0.15) is 25.3 Å². The summed E-state index contributed by atoms with van der Waals surface area (Å²) in [6.45, 7) is 5.40. The van der Waals surface area contributed by atoms with Gasteiger partial charge in [-0.1, -0.05) is 13.0 Å². The summed E-state index contributed by atoms with van der Waals surface area (Å²) in [6.07, 6.45) is 1.76. The minimum Gasteiger partial charge on any atom is -0.487 e. The summed E-state index contributed by atoms with van der Waals surface area (Å²) in [5.74, 6) is -1.29. The average molecular weight is 255 g/mol. The molecule has 2 nitrogen and oxygen atoms in total. The van der Waals surface area contributed by atoms with Crippen molar-refractivity contribution in [2.75, 3.05) is 13.1 Å². The number of hydrogen-bond donors (Lipinski definition) is 1. The summed E-state index contributed by atoms with van der Waals surface area (Å²) in [5.41, 5.74) is 0.301. The first-order chi connectivity index (χ1) is 8.63. The number of aryl methyl sites for hydroxylation is 1. The topological polar surface area (TPSA) is 21.3 Å². The molecule has 1 fully saturated rings. The molecule has 1 aromatic carbocycles. The van der Waals surface area contributed by atoms with Crippen molar-refractivity contribution in [3.05, 3.63) is 29.3 Å². The molecule has 2 atom stereocenters. The number of benzene rings is 1. The quantitative estimate of drug-likeness (QED) is 0.893. The zero-order valence-electron chi connectivity index (χ0n) is 10.8. The van der Waals surface area contributed by atoms with E-state index in [1.54, 1.807) is 13.0 Å². The summed E-state index contributed by atoms with van der Waals surface area (Å²) >= 11 is 0. The smallest absolute Gasteiger partial charge is 0.200 e. The maximum atomic E-state index is 13.7. The largest absolute Gasteiger partial charge is 0.487 e. The lowest BCUT2D eigenvalue weighted by Gasteiger charge is -2.23. The Labute approximate surface area is 106 Å². The first-order valence-corrected chi connectivity index (χ1v) is 6.45. The Balaban J connectivity index is 2.14. The Morgan fingerprint density at radius 2 is 2.17 bits per heavy atom. The van der Waals surface area contributed by atoms with E-state index in [2.05, 4.69) is 5.32 Å². The van der Waals surface area contributed by atoms with Crippen molar-refractivity contribution in [1.29, 1.82) is 0 Å². The van der Waals surface area contributed by atoms with Crippen LogP contribution in [0.2, 0.25) is 0 Å². The predicted molar refractivity (Wildman–Crippen MR) is 66.8 cm³/mol. The van der Waals surface area contributed by atoms with Crippen LogP contribution in [0.5, 0.6) is 5.75 Å². The molecule has 4 heteroatoms.